The zero-order valence-corrected chi connectivity index (χ0v) is 9.86. The number of carbonyl (C=O) groups excluding carboxylic acids is 2. The fourth-order valence-electron chi connectivity index (χ4n) is 1.61. The third kappa shape index (κ3) is 2.68. The lowest BCUT2D eigenvalue weighted by Gasteiger charge is -2.18. The molecule has 0 aromatic heterocycles. The minimum Gasteiger partial charge on any atom is -0.482 e. The molecule has 0 spiro atoms. The van der Waals surface area contributed by atoms with Crippen LogP contribution in [0.5, 0.6) is 5.75 Å². The van der Waals surface area contributed by atoms with Gasteiger partial charge in [-0.15, -0.1) is 6.58 Å². The number of anilines is 1. The van der Waals surface area contributed by atoms with Crippen molar-refractivity contribution in [1.29, 1.82) is 0 Å². The van der Waals surface area contributed by atoms with Crippen LogP contribution < -0.4 is 15.4 Å². The van der Waals surface area contributed by atoms with Crippen molar-refractivity contribution in [3.63, 3.8) is 0 Å². The molecule has 0 saturated heterocycles. The van der Waals surface area contributed by atoms with Crippen molar-refractivity contribution in [1.82, 2.24) is 5.32 Å². The van der Waals surface area contributed by atoms with E-state index in [0.29, 0.717) is 23.5 Å². The molecule has 5 heteroatoms. The second kappa shape index (κ2) is 5.35. The molecule has 2 N–H and O–H groups in total. The molecule has 0 unspecified atom stereocenters. The summed E-state index contributed by atoms with van der Waals surface area (Å²) in [7, 11) is 0. The van der Waals surface area contributed by atoms with Crippen LogP contribution in [0.4, 0.5) is 5.69 Å². The monoisotopic (exact) mass is 246 g/mol. The second-order valence-corrected chi connectivity index (χ2v) is 3.88. The molecule has 1 aliphatic rings. The zero-order chi connectivity index (χ0) is 13.0. The maximum absolute atomic E-state index is 11.8. The van der Waals surface area contributed by atoms with Gasteiger partial charge in [-0.2, -0.15) is 0 Å². The summed E-state index contributed by atoms with van der Waals surface area (Å²) in [6.45, 7) is 4.12. The predicted molar refractivity (Wildman–Crippen MR) is 67.7 cm³/mol. The van der Waals surface area contributed by atoms with E-state index in [1.807, 2.05) is 0 Å². The van der Waals surface area contributed by atoms with Crippen LogP contribution >= 0.6 is 0 Å². The van der Waals surface area contributed by atoms with Crippen molar-refractivity contribution in [2.24, 2.45) is 0 Å². The number of ether oxygens (including phenoxy) is 1. The number of rotatable bonds is 4. The highest BCUT2D eigenvalue weighted by Gasteiger charge is 2.17. The number of hydrogen-bond acceptors (Lipinski definition) is 3. The third-order valence-corrected chi connectivity index (χ3v) is 2.51. The summed E-state index contributed by atoms with van der Waals surface area (Å²) in [5, 5.41) is 5.43. The first-order valence-corrected chi connectivity index (χ1v) is 5.66. The first-order valence-electron chi connectivity index (χ1n) is 5.66. The fourth-order valence-corrected chi connectivity index (χ4v) is 1.61. The number of amides is 2. The normalized spacial score (nSPS) is 13.0. The highest BCUT2D eigenvalue weighted by molar-refractivity contribution is 5.98. The zero-order valence-electron chi connectivity index (χ0n) is 9.86. The van der Waals surface area contributed by atoms with Crippen LogP contribution in [-0.4, -0.2) is 25.0 Å². The van der Waals surface area contributed by atoms with E-state index >= 15 is 0 Å². The standard InChI is InChI=1S/C13H14N2O3/c1-2-3-6-14-13(17)9-4-5-10-11(7-9)18-8-12(16)15-10/h2,4-5,7H,1,3,6,8H2,(H,14,17)(H,15,16). The van der Waals surface area contributed by atoms with Gasteiger partial charge < -0.3 is 15.4 Å². The van der Waals surface area contributed by atoms with Crippen LogP contribution in [0.1, 0.15) is 16.8 Å². The Balaban J connectivity index is 2.08. The van der Waals surface area contributed by atoms with Gasteiger partial charge in [-0.1, -0.05) is 6.08 Å². The summed E-state index contributed by atoms with van der Waals surface area (Å²) in [6, 6.07) is 4.93. The topological polar surface area (TPSA) is 67.4 Å². The smallest absolute Gasteiger partial charge is 0.262 e. The minimum absolute atomic E-state index is 0.0193. The summed E-state index contributed by atoms with van der Waals surface area (Å²) in [6.07, 6.45) is 2.47. The van der Waals surface area contributed by atoms with Crippen LogP contribution in [0.15, 0.2) is 30.9 Å². The molecule has 1 aromatic carbocycles. The number of fused-ring (bicyclic) bond motifs is 1. The average molecular weight is 246 g/mol. The van der Waals surface area contributed by atoms with Gasteiger partial charge in [0.1, 0.15) is 5.75 Å². The Morgan fingerprint density at radius 1 is 1.56 bits per heavy atom. The SMILES string of the molecule is C=CCCNC(=O)c1ccc2c(c1)OCC(=O)N2. The van der Waals surface area contributed by atoms with Crippen LogP contribution in [0.3, 0.4) is 0 Å². The van der Waals surface area contributed by atoms with E-state index in [0.717, 1.165) is 6.42 Å². The van der Waals surface area contributed by atoms with E-state index in [9.17, 15) is 9.59 Å². The highest BCUT2D eigenvalue weighted by Crippen LogP contribution is 2.28. The number of hydrogen-bond donors (Lipinski definition) is 2. The van der Waals surface area contributed by atoms with Gasteiger partial charge >= 0.3 is 0 Å². The Morgan fingerprint density at radius 3 is 3.17 bits per heavy atom. The molecule has 1 heterocycles. The Kier molecular flexibility index (Phi) is 3.62. The summed E-state index contributed by atoms with van der Waals surface area (Å²) in [5.74, 6) is 0.164. The number of nitrogens with one attached hydrogen (secondary N) is 2. The maximum Gasteiger partial charge on any atom is 0.262 e. The number of benzene rings is 1. The van der Waals surface area contributed by atoms with Crippen molar-refractivity contribution in [3.05, 3.63) is 36.4 Å². The van der Waals surface area contributed by atoms with Gasteiger partial charge in [0.15, 0.2) is 6.61 Å². The molecule has 0 aliphatic carbocycles. The molecule has 0 radical (unpaired) electrons. The molecule has 0 saturated carbocycles. The molecule has 0 fully saturated rings. The first kappa shape index (κ1) is 12.2. The van der Waals surface area contributed by atoms with E-state index in [1.54, 1.807) is 24.3 Å². The van der Waals surface area contributed by atoms with E-state index < -0.39 is 0 Å². The van der Waals surface area contributed by atoms with Gasteiger partial charge in [0, 0.05) is 12.1 Å². The lowest BCUT2D eigenvalue weighted by molar-refractivity contribution is -0.118. The Morgan fingerprint density at radius 2 is 2.39 bits per heavy atom. The molecule has 5 nitrogen and oxygen atoms in total. The number of carbonyl (C=O) groups is 2. The van der Waals surface area contributed by atoms with Gasteiger partial charge in [0.25, 0.3) is 11.8 Å². The van der Waals surface area contributed by atoms with Crippen molar-refractivity contribution in [2.45, 2.75) is 6.42 Å². The molecule has 94 valence electrons. The van der Waals surface area contributed by atoms with Crippen molar-refractivity contribution in [3.8, 4) is 5.75 Å². The van der Waals surface area contributed by atoms with E-state index in [-0.39, 0.29) is 18.4 Å². The summed E-state index contributed by atoms with van der Waals surface area (Å²) < 4.78 is 5.24. The average Bonchev–Trinajstić information content (AvgIpc) is 2.38. The lowest BCUT2D eigenvalue weighted by Crippen LogP contribution is -2.27. The Bertz CT molecular complexity index is 497. The molecule has 2 amide bonds. The second-order valence-electron chi connectivity index (χ2n) is 3.88. The molecule has 18 heavy (non-hydrogen) atoms. The minimum atomic E-state index is -0.189. The van der Waals surface area contributed by atoms with E-state index in [1.165, 1.54) is 0 Å². The summed E-state index contributed by atoms with van der Waals surface area (Å²) in [5.41, 5.74) is 1.10. The van der Waals surface area contributed by atoms with Gasteiger partial charge in [0.2, 0.25) is 0 Å². The molecule has 0 atom stereocenters. The summed E-state index contributed by atoms with van der Waals surface area (Å²) >= 11 is 0. The largest absolute Gasteiger partial charge is 0.482 e. The molecule has 1 aromatic rings. The molecule has 1 aliphatic heterocycles. The van der Waals surface area contributed by atoms with Crippen LogP contribution in [0, 0.1) is 0 Å². The van der Waals surface area contributed by atoms with Gasteiger partial charge in [-0.05, 0) is 24.6 Å². The van der Waals surface area contributed by atoms with Crippen LogP contribution in [-0.2, 0) is 4.79 Å². The summed E-state index contributed by atoms with van der Waals surface area (Å²) in [4.78, 5) is 22.9. The maximum atomic E-state index is 11.8. The highest BCUT2D eigenvalue weighted by atomic mass is 16.5. The van der Waals surface area contributed by atoms with Crippen molar-refractivity contribution >= 4 is 17.5 Å². The fraction of sp³-hybridized carbons (Fsp3) is 0.231. The van der Waals surface area contributed by atoms with E-state index in [4.69, 9.17) is 4.74 Å². The van der Waals surface area contributed by atoms with Crippen LogP contribution in [0.25, 0.3) is 0 Å². The first-order chi connectivity index (χ1) is 8.70. The Hall–Kier alpha value is -2.30. The molecule has 0 bridgehead atoms. The lowest BCUT2D eigenvalue weighted by atomic mass is 10.1. The van der Waals surface area contributed by atoms with Gasteiger partial charge in [-0.3, -0.25) is 9.59 Å². The van der Waals surface area contributed by atoms with Crippen LogP contribution in [0.2, 0.25) is 0 Å². The molecular weight excluding hydrogens is 232 g/mol. The van der Waals surface area contributed by atoms with Gasteiger partial charge in [0.05, 0.1) is 5.69 Å². The molecule has 2 rings (SSSR count). The third-order valence-electron chi connectivity index (χ3n) is 2.51. The van der Waals surface area contributed by atoms with Crippen molar-refractivity contribution < 1.29 is 14.3 Å². The van der Waals surface area contributed by atoms with E-state index in [2.05, 4.69) is 17.2 Å². The molecular formula is C13H14N2O3. The van der Waals surface area contributed by atoms with Gasteiger partial charge in [-0.25, -0.2) is 0 Å². The Labute approximate surface area is 105 Å². The predicted octanol–water partition coefficient (Wildman–Crippen LogP) is 1.32. The van der Waals surface area contributed by atoms with Crippen molar-refractivity contribution in [2.75, 3.05) is 18.5 Å². The quantitative estimate of drug-likeness (QED) is 0.622.